The van der Waals surface area contributed by atoms with Gasteiger partial charge in [-0.3, -0.25) is 0 Å². The molecule has 0 radical (unpaired) electrons. The van der Waals surface area contributed by atoms with Crippen LogP contribution in [0.15, 0.2) is 17.4 Å². The van der Waals surface area contributed by atoms with Crippen molar-refractivity contribution in [3.63, 3.8) is 0 Å². The average Bonchev–Trinajstić information content (AvgIpc) is 2.47. The minimum atomic E-state index is 0.532. The average molecular weight is 167 g/mol. The van der Waals surface area contributed by atoms with Crippen LogP contribution in [0.1, 0.15) is 12.7 Å². The SMILES string of the molecule is CCn1ccnc1CN=C=S. The third-order valence-electron chi connectivity index (χ3n) is 1.43. The van der Waals surface area contributed by atoms with Gasteiger partial charge in [-0.25, -0.2) is 9.98 Å². The van der Waals surface area contributed by atoms with Gasteiger partial charge >= 0.3 is 0 Å². The van der Waals surface area contributed by atoms with Gasteiger partial charge in [-0.15, -0.1) is 0 Å². The summed E-state index contributed by atoms with van der Waals surface area (Å²) in [4.78, 5) is 7.91. The van der Waals surface area contributed by atoms with Crippen LogP contribution in [0.4, 0.5) is 0 Å². The number of hydrogen-bond acceptors (Lipinski definition) is 3. The zero-order chi connectivity index (χ0) is 8.10. The lowest BCUT2D eigenvalue weighted by molar-refractivity contribution is 0.700. The Bertz CT molecular complexity index is 273. The smallest absolute Gasteiger partial charge is 0.131 e. The second-order valence-electron chi connectivity index (χ2n) is 2.04. The molecule has 0 unspecified atom stereocenters. The van der Waals surface area contributed by atoms with Crippen LogP contribution in [0.2, 0.25) is 0 Å². The number of thiocarbonyl (C=S) groups is 1. The lowest BCUT2D eigenvalue weighted by Crippen LogP contribution is -1.98. The van der Waals surface area contributed by atoms with Gasteiger partial charge in [-0.2, -0.15) is 0 Å². The maximum Gasteiger partial charge on any atom is 0.131 e. The first-order valence-corrected chi connectivity index (χ1v) is 3.83. The molecule has 0 N–H and O–H groups in total. The van der Waals surface area contributed by atoms with Gasteiger partial charge in [-0.1, -0.05) is 0 Å². The molecule has 0 aromatic carbocycles. The predicted molar refractivity (Wildman–Crippen MR) is 46.6 cm³/mol. The van der Waals surface area contributed by atoms with Crippen LogP contribution in [-0.4, -0.2) is 14.7 Å². The Hall–Kier alpha value is -0.990. The largest absolute Gasteiger partial charge is 0.334 e. The predicted octanol–water partition coefficient (Wildman–Crippen LogP) is 1.51. The molecule has 1 rings (SSSR count). The third-order valence-corrected chi connectivity index (χ3v) is 1.56. The second kappa shape index (κ2) is 4.01. The van der Waals surface area contributed by atoms with Gasteiger partial charge in [-0.05, 0) is 19.1 Å². The van der Waals surface area contributed by atoms with E-state index < -0.39 is 0 Å². The van der Waals surface area contributed by atoms with Gasteiger partial charge in [0.05, 0.1) is 5.16 Å². The normalized spacial score (nSPS) is 9.18. The van der Waals surface area contributed by atoms with E-state index in [4.69, 9.17) is 0 Å². The van der Waals surface area contributed by atoms with E-state index in [0.29, 0.717) is 6.54 Å². The minimum absolute atomic E-state index is 0.532. The molecule has 4 heteroatoms. The molecule has 0 saturated carbocycles. The van der Waals surface area contributed by atoms with Crippen molar-refractivity contribution < 1.29 is 0 Å². The molecule has 58 valence electrons. The number of isothiocyanates is 1. The molecule has 0 aliphatic heterocycles. The van der Waals surface area contributed by atoms with Crippen molar-refractivity contribution in [1.29, 1.82) is 0 Å². The van der Waals surface area contributed by atoms with Crippen LogP contribution in [0.3, 0.4) is 0 Å². The van der Waals surface area contributed by atoms with Crippen LogP contribution in [0, 0.1) is 0 Å². The Labute approximate surface area is 70.8 Å². The van der Waals surface area contributed by atoms with Crippen molar-refractivity contribution in [1.82, 2.24) is 9.55 Å². The molecule has 11 heavy (non-hydrogen) atoms. The fourth-order valence-corrected chi connectivity index (χ4v) is 0.947. The van der Waals surface area contributed by atoms with E-state index in [9.17, 15) is 0 Å². The Morgan fingerprint density at radius 2 is 2.64 bits per heavy atom. The van der Waals surface area contributed by atoms with Crippen LogP contribution in [0.5, 0.6) is 0 Å². The zero-order valence-corrected chi connectivity index (χ0v) is 7.14. The molecule has 0 amide bonds. The molecule has 0 saturated heterocycles. The van der Waals surface area contributed by atoms with Crippen molar-refractivity contribution in [2.75, 3.05) is 0 Å². The van der Waals surface area contributed by atoms with Gasteiger partial charge in [0.15, 0.2) is 0 Å². The first kappa shape index (κ1) is 8.11. The highest BCUT2D eigenvalue weighted by Crippen LogP contribution is 1.97. The summed E-state index contributed by atoms with van der Waals surface area (Å²) in [6.45, 7) is 3.51. The van der Waals surface area contributed by atoms with Crippen LogP contribution in [-0.2, 0) is 13.1 Å². The van der Waals surface area contributed by atoms with E-state index in [0.717, 1.165) is 12.4 Å². The lowest BCUT2D eigenvalue weighted by atomic mass is 10.6. The maximum absolute atomic E-state index is 4.45. The van der Waals surface area contributed by atoms with Gasteiger partial charge in [0.2, 0.25) is 0 Å². The zero-order valence-electron chi connectivity index (χ0n) is 6.32. The van der Waals surface area contributed by atoms with E-state index in [1.54, 1.807) is 6.20 Å². The third kappa shape index (κ3) is 1.97. The highest BCUT2D eigenvalue weighted by atomic mass is 32.1. The number of nitrogens with zero attached hydrogens (tertiary/aromatic N) is 3. The van der Waals surface area contributed by atoms with Gasteiger partial charge in [0.1, 0.15) is 12.4 Å². The van der Waals surface area contributed by atoms with Gasteiger partial charge in [0.25, 0.3) is 0 Å². The number of rotatable bonds is 3. The van der Waals surface area contributed by atoms with Crippen LogP contribution in [0.25, 0.3) is 0 Å². The molecule has 1 aromatic heterocycles. The number of aromatic nitrogens is 2. The highest BCUT2D eigenvalue weighted by molar-refractivity contribution is 7.78. The summed E-state index contributed by atoms with van der Waals surface area (Å²) in [6, 6.07) is 0. The summed E-state index contributed by atoms with van der Waals surface area (Å²) in [5, 5.41) is 2.31. The highest BCUT2D eigenvalue weighted by Gasteiger charge is 1.97. The summed E-state index contributed by atoms with van der Waals surface area (Å²) < 4.78 is 2.02. The van der Waals surface area contributed by atoms with E-state index in [1.807, 2.05) is 10.8 Å². The van der Waals surface area contributed by atoms with Gasteiger partial charge in [0, 0.05) is 18.9 Å². The lowest BCUT2D eigenvalue weighted by Gasteiger charge is -1.98. The molecule has 0 aliphatic carbocycles. The molecule has 1 aromatic rings. The monoisotopic (exact) mass is 167 g/mol. The Balaban J connectivity index is 2.75. The first-order valence-electron chi connectivity index (χ1n) is 3.42. The van der Waals surface area contributed by atoms with E-state index in [2.05, 4.69) is 34.3 Å². The number of hydrogen-bond donors (Lipinski definition) is 0. The summed E-state index contributed by atoms with van der Waals surface area (Å²) >= 11 is 4.45. The molecule has 1 heterocycles. The molecule has 0 bridgehead atoms. The summed E-state index contributed by atoms with van der Waals surface area (Å²) in [5.74, 6) is 0.935. The Kier molecular flexibility index (Phi) is 2.95. The van der Waals surface area contributed by atoms with Crippen molar-refractivity contribution in [2.24, 2.45) is 4.99 Å². The molecule has 0 spiro atoms. The summed E-state index contributed by atoms with van der Waals surface area (Å²) in [6.07, 6.45) is 3.69. The number of imidazole rings is 1. The van der Waals surface area contributed by atoms with Crippen molar-refractivity contribution >= 4 is 17.4 Å². The van der Waals surface area contributed by atoms with Crippen molar-refractivity contribution in [3.8, 4) is 0 Å². The minimum Gasteiger partial charge on any atom is -0.334 e. The number of aryl methyl sites for hydroxylation is 1. The maximum atomic E-state index is 4.45. The fraction of sp³-hybridized carbons (Fsp3) is 0.429. The van der Waals surface area contributed by atoms with Crippen LogP contribution >= 0.6 is 12.2 Å². The van der Waals surface area contributed by atoms with Gasteiger partial charge < -0.3 is 4.57 Å². The summed E-state index contributed by atoms with van der Waals surface area (Å²) in [7, 11) is 0. The van der Waals surface area contributed by atoms with Crippen molar-refractivity contribution in [3.05, 3.63) is 18.2 Å². The quantitative estimate of drug-likeness (QED) is 0.504. The topological polar surface area (TPSA) is 30.2 Å². The first-order chi connectivity index (χ1) is 5.38. The van der Waals surface area contributed by atoms with E-state index >= 15 is 0 Å². The number of aliphatic imine (C=N–C) groups is 1. The Morgan fingerprint density at radius 3 is 3.27 bits per heavy atom. The molecule has 0 fully saturated rings. The molecule has 3 nitrogen and oxygen atoms in total. The van der Waals surface area contributed by atoms with E-state index in [-0.39, 0.29) is 0 Å². The summed E-state index contributed by atoms with van der Waals surface area (Å²) in [5.41, 5.74) is 0. The molecular weight excluding hydrogens is 158 g/mol. The molecular formula is C7H9N3S. The van der Waals surface area contributed by atoms with Crippen molar-refractivity contribution in [2.45, 2.75) is 20.0 Å². The second-order valence-corrected chi connectivity index (χ2v) is 2.22. The Morgan fingerprint density at radius 1 is 1.82 bits per heavy atom. The molecule has 0 atom stereocenters. The molecule has 0 aliphatic rings. The fourth-order valence-electron chi connectivity index (χ4n) is 0.883. The standard InChI is InChI=1S/C7H9N3S/c1-2-10-4-3-9-7(10)5-8-6-11/h3-4H,2,5H2,1H3. The van der Waals surface area contributed by atoms with E-state index in [1.165, 1.54) is 0 Å². The van der Waals surface area contributed by atoms with Crippen LogP contribution < -0.4 is 0 Å².